The number of carbonyl (C=O) groups is 1. The van der Waals surface area contributed by atoms with E-state index in [0.717, 1.165) is 5.56 Å². The minimum absolute atomic E-state index is 0.00575. The number of alkyl halides is 2. The summed E-state index contributed by atoms with van der Waals surface area (Å²) in [7, 11) is 0. The second-order valence-electron chi connectivity index (χ2n) is 3.98. The maximum atomic E-state index is 11.4. The van der Waals surface area contributed by atoms with Crippen molar-refractivity contribution in [2.24, 2.45) is 0 Å². The first-order valence-electron chi connectivity index (χ1n) is 5.92. The summed E-state index contributed by atoms with van der Waals surface area (Å²) in [5.74, 6) is 0.00575. The predicted octanol–water partition coefficient (Wildman–Crippen LogP) is 2.79. The molecule has 0 bridgehead atoms. The first-order chi connectivity index (χ1) is 10.1. The molecule has 21 heavy (non-hydrogen) atoms. The summed E-state index contributed by atoms with van der Waals surface area (Å²) in [4.78, 5) is 22.4. The van der Waals surface area contributed by atoms with E-state index in [4.69, 9.17) is 27.9 Å². The molecule has 1 aromatic heterocycles. The van der Waals surface area contributed by atoms with E-state index in [0.29, 0.717) is 11.4 Å². The minimum Gasteiger partial charge on any atom is -0.428 e. The van der Waals surface area contributed by atoms with Gasteiger partial charge in [-0.05, 0) is 18.2 Å². The third-order valence-electron chi connectivity index (χ3n) is 2.46. The standard InChI is InChI=1S/C13H11Cl2N3O3/c14-7-11(15)21-13(20)16-9-3-1-8(2-4-9)10-5-6-12(19)18-17-10/h1-6,11H,7H2,(H,16,20)(H,18,19). The van der Waals surface area contributed by atoms with Crippen LogP contribution in [-0.2, 0) is 4.74 Å². The van der Waals surface area contributed by atoms with Gasteiger partial charge in [0.1, 0.15) is 0 Å². The lowest BCUT2D eigenvalue weighted by molar-refractivity contribution is 0.155. The number of aromatic amines is 1. The highest BCUT2D eigenvalue weighted by molar-refractivity contribution is 6.27. The van der Waals surface area contributed by atoms with E-state index >= 15 is 0 Å². The molecule has 0 spiro atoms. The number of aromatic nitrogens is 2. The van der Waals surface area contributed by atoms with Crippen LogP contribution in [0.25, 0.3) is 11.3 Å². The number of benzene rings is 1. The van der Waals surface area contributed by atoms with Crippen LogP contribution in [0.1, 0.15) is 0 Å². The molecule has 1 heterocycles. The van der Waals surface area contributed by atoms with E-state index in [1.165, 1.54) is 6.07 Å². The molecule has 1 atom stereocenters. The smallest absolute Gasteiger partial charge is 0.413 e. The van der Waals surface area contributed by atoms with Crippen molar-refractivity contribution in [3.05, 3.63) is 46.8 Å². The Morgan fingerprint density at radius 3 is 2.57 bits per heavy atom. The lowest BCUT2D eigenvalue weighted by Gasteiger charge is -2.09. The number of amides is 1. The van der Waals surface area contributed by atoms with Crippen molar-refractivity contribution in [1.29, 1.82) is 0 Å². The van der Waals surface area contributed by atoms with Crippen molar-refractivity contribution >= 4 is 35.0 Å². The Balaban J connectivity index is 2.03. The summed E-state index contributed by atoms with van der Waals surface area (Å²) in [5, 5.41) is 8.77. The molecular weight excluding hydrogens is 317 g/mol. The number of rotatable bonds is 4. The molecule has 0 fully saturated rings. The molecule has 1 amide bonds. The minimum atomic E-state index is -0.878. The topological polar surface area (TPSA) is 84.1 Å². The molecule has 2 rings (SSSR count). The van der Waals surface area contributed by atoms with Crippen LogP contribution in [0.2, 0.25) is 0 Å². The van der Waals surface area contributed by atoms with Crippen LogP contribution in [0.3, 0.4) is 0 Å². The lowest BCUT2D eigenvalue weighted by Crippen LogP contribution is -2.19. The van der Waals surface area contributed by atoms with E-state index in [1.807, 2.05) is 0 Å². The van der Waals surface area contributed by atoms with E-state index in [2.05, 4.69) is 15.5 Å². The second-order valence-corrected chi connectivity index (χ2v) is 4.77. The van der Waals surface area contributed by atoms with Crippen LogP contribution in [0.15, 0.2) is 41.2 Å². The molecule has 0 radical (unpaired) electrons. The van der Waals surface area contributed by atoms with Crippen molar-refractivity contribution in [3.63, 3.8) is 0 Å². The summed E-state index contributed by atoms with van der Waals surface area (Å²) in [6, 6.07) is 9.83. The highest BCUT2D eigenvalue weighted by atomic mass is 35.5. The van der Waals surface area contributed by atoms with Crippen LogP contribution in [0.5, 0.6) is 0 Å². The van der Waals surface area contributed by atoms with Crippen molar-refractivity contribution in [2.45, 2.75) is 5.56 Å². The van der Waals surface area contributed by atoms with Gasteiger partial charge in [0.25, 0.3) is 5.56 Å². The number of nitrogens with one attached hydrogen (secondary N) is 2. The van der Waals surface area contributed by atoms with Gasteiger partial charge in [-0.1, -0.05) is 23.7 Å². The van der Waals surface area contributed by atoms with Gasteiger partial charge in [0.2, 0.25) is 0 Å². The number of carbonyl (C=O) groups excluding carboxylic acids is 1. The summed E-state index contributed by atoms with van der Waals surface area (Å²) >= 11 is 11.0. The maximum Gasteiger partial charge on any atom is 0.413 e. The molecule has 0 aliphatic carbocycles. The third-order valence-corrected chi connectivity index (χ3v) is 3.14. The van der Waals surface area contributed by atoms with Crippen LogP contribution in [-0.4, -0.2) is 27.7 Å². The van der Waals surface area contributed by atoms with E-state index in [1.54, 1.807) is 30.3 Å². The Labute approximate surface area is 130 Å². The fraction of sp³-hybridized carbons (Fsp3) is 0.154. The summed E-state index contributed by atoms with van der Waals surface area (Å²) < 4.78 is 4.76. The summed E-state index contributed by atoms with van der Waals surface area (Å²) in [5.41, 5.74) is 0.797. The average Bonchev–Trinajstić information content (AvgIpc) is 2.48. The molecule has 8 heteroatoms. The molecule has 110 valence electrons. The number of H-pyrrole nitrogens is 1. The Morgan fingerprint density at radius 1 is 1.29 bits per heavy atom. The molecule has 6 nitrogen and oxygen atoms in total. The Kier molecular flexibility index (Phi) is 5.19. The molecule has 0 aliphatic rings. The number of nitrogens with zero attached hydrogens (tertiary/aromatic N) is 1. The third kappa shape index (κ3) is 4.47. The zero-order chi connectivity index (χ0) is 15.2. The zero-order valence-corrected chi connectivity index (χ0v) is 12.2. The number of hydrogen-bond donors (Lipinski definition) is 2. The molecule has 0 saturated carbocycles. The Morgan fingerprint density at radius 2 is 2.00 bits per heavy atom. The van der Waals surface area contributed by atoms with Gasteiger partial charge in [-0.25, -0.2) is 9.89 Å². The van der Waals surface area contributed by atoms with Crippen molar-refractivity contribution < 1.29 is 9.53 Å². The van der Waals surface area contributed by atoms with Gasteiger partial charge in [0.05, 0.1) is 11.6 Å². The van der Waals surface area contributed by atoms with E-state index < -0.39 is 11.7 Å². The number of ether oxygens (including phenoxy) is 1. The van der Waals surface area contributed by atoms with Crippen LogP contribution >= 0.6 is 23.2 Å². The van der Waals surface area contributed by atoms with Crippen LogP contribution < -0.4 is 10.9 Å². The molecule has 1 unspecified atom stereocenters. The normalized spacial score (nSPS) is 11.7. The molecule has 1 aromatic carbocycles. The molecule has 0 aliphatic heterocycles. The highest BCUT2D eigenvalue weighted by Gasteiger charge is 2.10. The van der Waals surface area contributed by atoms with E-state index in [-0.39, 0.29) is 11.4 Å². The first kappa shape index (κ1) is 15.3. The predicted molar refractivity (Wildman–Crippen MR) is 80.8 cm³/mol. The number of hydrogen-bond acceptors (Lipinski definition) is 4. The van der Waals surface area contributed by atoms with Crippen LogP contribution in [0.4, 0.5) is 10.5 Å². The fourth-order valence-corrected chi connectivity index (χ4v) is 1.67. The van der Waals surface area contributed by atoms with Crippen molar-refractivity contribution in [1.82, 2.24) is 10.2 Å². The lowest BCUT2D eigenvalue weighted by atomic mass is 10.1. The summed E-state index contributed by atoms with van der Waals surface area (Å²) in [6.07, 6.45) is -0.689. The molecule has 2 aromatic rings. The average molecular weight is 328 g/mol. The van der Waals surface area contributed by atoms with Gasteiger partial charge in [-0.2, -0.15) is 5.10 Å². The van der Waals surface area contributed by atoms with Crippen LogP contribution in [0, 0.1) is 0 Å². The first-order valence-corrected chi connectivity index (χ1v) is 6.89. The van der Waals surface area contributed by atoms with Gasteiger partial charge in [0, 0.05) is 17.3 Å². The van der Waals surface area contributed by atoms with Gasteiger partial charge >= 0.3 is 6.09 Å². The zero-order valence-electron chi connectivity index (χ0n) is 10.7. The second kappa shape index (κ2) is 7.10. The number of anilines is 1. The monoisotopic (exact) mass is 327 g/mol. The maximum absolute atomic E-state index is 11.4. The largest absolute Gasteiger partial charge is 0.428 e. The van der Waals surface area contributed by atoms with Gasteiger partial charge in [0.15, 0.2) is 5.56 Å². The van der Waals surface area contributed by atoms with Gasteiger partial charge < -0.3 is 4.74 Å². The SMILES string of the molecule is O=C(Nc1ccc(-c2ccc(=O)[nH]n2)cc1)OC(Cl)CCl. The number of halogens is 2. The Bertz CT molecular complexity index is 653. The molecule has 2 N–H and O–H groups in total. The molecular formula is C13H11Cl2N3O3. The van der Waals surface area contributed by atoms with Crippen molar-refractivity contribution in [2.75, 3.05) is 11.2 Å². The Hall–Kier alpha value is -2.05. The fourth-order valence-electron chi connectivity index (χ4n) is 1.52. The molecule has 0 saturated heterocycles. The van der Waals surface area contributed by atoms with Crippen molar-refractivity contribution in [3.8, 4) is 11.3 Å². The van der Waals surface area contributed by atoms with Gasteiger partial charge in [-0.15, -0.1) is 11.6 Å². The van der Waals surface area contributed by atoms with Gasteiger partial charge in [-0.3, -0.25) is 10.1 Å². The highest BCUT2D eigenvalue weighted by Crippen LogP contribution is 2.18. The quantitative estimate of drug-likeness (QED) is 0.845. The summed E-state index contributed by atoms with van der Waals surface area (Å²) in [6.45, 7) is 0. The van der Waals surface area contributed by atoms with E-state index in [9.17, 15) is 9.59 Å².